The summed E-state index contributed by atoms with van der Waals surface area (Å²) in [5.41, 5.74) is 4.16. The van der Waals surface area contributed by atoms with Crippen LogP contribution >= 0.6 is 0 Å². The van der Waals surface area contributed by atoms with Crippen molar-refractivity contribution in [2.75, 3.05) is 13.2 Å². The van der Waals surface area contributed by atoms with Crippen LogP contribution in [0.25, 0.3) is 0 Å². The average molecular weight is 273 g/mol. The van der Waals surface area contributed by atoms with Gasteiger partial charge in [-0.25, -0.2) is 0 Å². The molecule has 1 aromatic carbocycles. The van der Waals surface area contributed by atoms with Crippen LogP contribution in [0, 0.1) is 0 Å². The standard InChI is InChI=1S/C18H27NO/c1-4-12-19-17-9-5-8-16-15(17)7-6-10-18(16)20-13-11-14(2)3/h6-7,10-11,17,19H,4-5,8-9,12-13H2,1-3H3. The van der Waals surface area contributed by atoms with E-state index in [4.69, 9.17) is 4.74 Å². The van der Waals surface area contributed by atoms with Crippen LogP contribution in [0.5, 0.6) is 5.75 Å². The third-order valence-corrected chi connectivity index (χ3v) is 3.84. The summed E-state index contributed by atoms with van der Waals surface area (Å²) in [7, 11) is 0. The lowest BCUT2D eigenvalue weighted by molar-refractivity contribution is 0.351. The first-order chi connectivity index (χ1) is 9.72. The highest BCUT2D eigenvalue weighted by Gasteiger charge is 2.21. The van der Waals surface area contributed by atoms with Crippen molar-refractivity contribution in [2.24, 2.45) is 0 Å². The predicted octanol–water partition coefficient (Wildman–Crippen LogP) is 4.41. The Labute approximate surface area is 123 Å². The molecule has 1 unspecified atom stereocenters. The number of allylic oxidation sites excluding steroid dienone is 1. The molecule has 2 rings (SSSR count). The number of fused-ring (bicyclic) bond motifs is 1. The van der Waals surface area contributed by atoms with Gasteiger partial charge in [-0.2, -0.15) is 0 Å². The van der Waals surface area contributed by atoms with Gasteiger partial charge < -0.3 is 10.1 Å². The minimum absolute atomic E-state index is 0.505. The first-order valence-corrected chi connectivity index (χ1v) is 7.83. The zero-order valence-electron chi connectivity index (χ0n) is 13.0. The fourth-order valence-corrected chi connectivity index (χ4v) is 2.78. The van der Waals surface area contributed by atoms with Crippen molar-refractivity contribution in [3.05, 3.63) is 41.0 Å². The molecule has 1 atom stereocenters. The maximum absolute atomic E-state index is 5.96. The highest BCUT2D eigenvalue weighted by Crippen LogP contribution is 2.35. The van der Waals surface area contributed by atoms with E-state index >= 15 is 0 Å². The molecule has 2 heteroatoms. The summed E-state index contributed by atoms with van der Waals surface area (Å²) < 4.78 is 5.96. The van der Waals surface area contributed by atoms with Gasteiger partial charge in [-0.05, 0) is 69.3 Å². The lowest BCUT2D eigenvalue weighted by Crippen LogP contribution is -2.26. The quantitative estimate of drug-likeness (QED) is 0.775. The third kappa shape index (κ3) is 3.86. The number of hydrogen-bond donors (Lipinski definition) is 1. The molecule has 0 saturated heterocycles. The molecule has 110 valence electrons. The van der Waals surface area contributed by atoms with E-state index in [2.05, 4.69) is 50.4 Å². The zero-order valence-corrected chi connectivity index (χ0v) is 13.0. The van der Waals surface area contributed by atoms with Crippen molar-refractivity contribution in [3.63, 3.8) is 0 Å². The first kappa shape index (κ1) is 15.1. The van der Waals surface area contributed by atoms with Gasteiger partial charge in [0.25, 0.3) is 0 Å². The van der Waals surface area contributed by atoms with Crippen LogP contribution in [0.1, 0.15) is 57.2 Å². The Morgan fingerprint density at radius 3 is 3.00 bits per heavy atom. The molecule has 0 bridgehead atoms. The molecular formula is C18H27NO. The third-order valence-electron chi connectivity index (χ3n) is 3.84. The van der Waals surface area contributed by atoms with E-state index in [1.54, 1.807) is 0 Å². The number of ether oxygens (including phenoxy) is 1. The summed E-state index contributed by atoms with van der Waals surface area (Å²) in [5.74, 6) is 1.07. The van der Waals surface area contributed by atoms with Gasteiger partial charge in [-0.3, -0.25) is 0 Å². The van der Waals surface area contributed by atoms with Crippen LogP contribution in [0.15, 0.2) is 29.8 Å². The van der Waals surface area contributed by atoms with Crippen molar-refractivity contribution in [2.45, 2.75) is 52.5 Å². The van der Waals surface area contributed by atoms with Crippen LogP contribution in [-0.4, -0.2) is 13.2 Å². The van der Waals surface area contributed by atoms with Crippen molar-refractivity contribution >= 4 is 0 Å². The van der Waals surface area contributed by atoms with Crippen molar-refractivity contribution < 1.29 is 4.74 Å². The SMILES string of the molecule is CCCNC1CCCc2c(OCC=C(C)C)cccc21. The second kappa shape index (κ2) is 7.49. The Balaban J connectivity index is 2.13. The van der Waals surface area contributed by atoms with Gasteiger partial charge in [-0.15, -0.1) is 0 Å². The molecule has 0 spiro atoms. The Morgan fingerprint density at radius 1 is 1.40 bits per heavy atom. The van der Waals surface area contributed by atoms with Crippen molar-refractivity contribution in [1.29, 1.82) is 0 Å². The molecule has 0 amide bonds. The van der Waals surface area contributed by atoms with Crippen LogP contribution in [-0.2, 0) is 6.42 Å². The number of rotatable bonds is 6. The lowest BCUT2D eigenvalue weighted by Gasteiger charge is -2.28. The predicted molar refractivity (Wildman–Crippen MR) is 85.3 cm³/mol. The van der Waals surface area contributed by atoms with Crippen molar-refractivity contribution in [3.8, 4) is 5.75 Å². The van der Waals surface area contributed by atoms with Crippen LogP contribution in [0.3, 0.4) is 0 Å². The average Bonchev–Trinajstić information content (AvgIpc) is 2.45. The van der Waals surface area contributed by atoms with Gasteiger partial charge in [0.2, 0.25) is 0 Å². The molecule has 0 aromatic heterocycles. The maximum Gasteiger partial charge on any atom is 0.123 e. The smallest absolute Gasteiger partial charge is 0.123 e. The summed E-state index contributed by atoms with van der Waals surface area (Å²) >= 11 is 0. The Kier molecular flexibility index (Phi) is 5.66. The number of hydrogen-bond acceptors (Lipinski definition) is 2. The number of benzene rings is 1. The monoisotopic (exact) mass is 273 g/mol. The van der Waals surface area contributed by atoms with Gasteiger partial charge in [-0.1, -0.05) is 24.6 Å². The molecule has 1 aliphatic rings. The largest absolute Gasteiger partial charge is 0.489 e. The van der Waals surface area contributed by atoms with E-state index in [1.165, 1.54) is 36.0 Å². The van der Waals surface area contributed by atoms with Gasteiger partial charge in [0.05, 0.1) is 0 Å². The minimum Gasteiger partial charge on any atom is -0.489 e. The Morgan fingerprint density at radius 2 is 2.25 bits per heavy atom. The topological polar surface area (TPSA) is 21.3 Å². The summed E-state index contributed by atoms with van der Waals surface area (Å²) in [6.45, 7) is 8.19. The normalized spacial score (nSPS) is 17.4. The first-order valence-electron chi connectivity index (χ1n) is 7.83. The molecular weight excluding hydrogens is 246 g/mol. The van der Waals surface area contributed by atoms with Crippen LogP contribution in [0.4, 0.5) is 0 Å². The second-order valence-electron chi connectivity index (χ2n) is 5.82. The molecule has 0 fully saturated rings. The van der Waals surface area contributed by atoms with E-state index in [-0.39, 0.29) is 0 Å². The fraction of sp³-hybridized carbons (Fsp3) is 0.556. The molecule has 1 aliphatic carbocycles. The summed E-state index contributed by atoms with van der Waals surface area (Å²) in [6.07, 6.45) is 6.95. The molecule has 0 radical (unpaired) electrons. The minimum atomic E-state index is 0.505. The van der Waals surface area contributed by atoms with Gasteiger partial charge in [0, 0.05) is 6.04 Å². The van der Waals surface area contributed by atoms with E-state index in [1.807, 2.05) is 0 Å². The lowest BCUT2D eigenvalue weighted by atomic mass is 9.87. The van der Waals surface area contributed by atoms with Crippen molar-refractivity contribution in [1.82, 2.24) is 5.32 Å². The van der Waals surface area contributed by atoms with Gasteiger partial charge >= 0.3 is 0 Å². The zero-order chi connectivity index (χ0) is 14.4. The van der Waals surface area contributed by atoms with Gasteiger partial charge in [0.15, 0.2) is 0 Å². The van der Waals surface area contributed by atoms with E-state index in [9.17, 15) is 0 Å². The maximum atomic E-state index is 5.96. The summed E-state index contributed by atoms with van der Waals surface area (Å²) in [5, 5.41) is 3.66. The molecule has 0 heterocycles. The van der Waals surface area contributed by atoms with E-state index in [0.29, 0.717) is 12.6 Å². The molecule has 1 aromatic rings. The second-order valence-corrected chi connectivity index (χ2v) is 5.82. The van der Waals surface area contributed by atoms with Crippen LogP contribution in [0.2, 0.25) is 0 Å². The molecule has 0 aliphatic heterocycles. The van der Waals surface area contributed by atoms with Gasteiger partial charge in [0.1, 0.15) is 12.4 Å². The molecule has 2 nitrogen and oxygen atoms in total. The number of nitrogens with one attached hydrogen (secondary N) is 1. The summed E-state index contributed by atoms with van der Waals surface area (Å²) in [6, 6.07) is 7.00. The highest BCUT2D eigenvalue weighted by atomic mass is 16.5. The van der Waals surface area contributed by atoms with E-state index in [0.717, 1.165) is 18.7 Å². The molecule has 1 N–H and O–H groups in total. The van der Waals surface area contributed by atoms with Crippen LogP contribution < -0.4 is 10.1 Å². The molecule has 20 heavy (non-hydrogen) atoms. The highest BCUT2D eigenvalue weighted by molar-refractivity contribution is 5.43. The molecule has 0 saturated carbocycles. The Bertz CT molecular complexity index is 460. The fourth-order valence-electron chi connectivity index (χ4n) is 2.78. The Hall–Kier alpha value is -1.28. The van der Waals surface area contributed by atoms with E-state index < -0.39 is 0 Å². The summed E-state index contributed by atoms with van der Waals surface area (Å²) in [4.78, 5) is 0.